The number of benzene rings is 2. The zero-order valence-electron chi connectivity index (χ0n) is 21.8. The smallest absolute Gasteiger partial charge is 0.416 e. The molecule has 2 aromatic heterocycles. The molecule has 1 unspecified atom stereocenters. The van der Waals surface area contributed by atoms with E-state index in [9.17, 15) is 22.8 Å². The number of methoxy groups -OCH3 is 1. The summed E-state index contributed by atoms with van der Waals surface area (Å²) in [5.41, 5.74) is 6.36. The molecule has 4 rings (SSSR count). The van der Waals surface area contributed by atoms with Crippen molar-refractivity contribution >= 4 is 22.7 Å². The molecule has 3 N–H and O–H groups in total. The number of hydrogen-bond donors (Lipinski definition) is 2. The average molecular weight is 514 g/mol. The van der Waals surface area contributed by atoms with E-state index >= 15 is 0 Å². The number of amides is 2. The van der Waals surface area contributed by atoms with Crippen LogP contribution in [0.2, 0.25) is 0 Å². The van der Waals surface area contributed by atoms with Crippen LogP contribution in [0.4, 0.5) is 13.2 Å². The van der Waals surface area contributed by atoms with Gasteiger partial charge in [0.2, 0.25) is 5.88 Å². The number of pyridine rings is 1. The van der Waals surface area contributed by atoms with Crippen molar-refractivity contribution in [2.75, 3.05) is 7.09 Å². The number of fused-ring (bicyclic) bond motifs is 1. The number of nitrogens with two attached hydrogens (primary N) is 1. The number of aromatic nitrogens is 3. The molecule has 0 saturated carbocycles. The van der Waals surface area contributed by atoms with Crippen molar-refractivity contribution in [3.05, 3.63) is 77.1 Å². The largest absolute Gasteiger partial charge is 0.480 e. The van der Waals surface area contributed by atoms with Gasteiger partial charge >= 0.3 is 6.18 Å². The summed E-state index contributed by atoms with van der Waals surface area (Å²) in [5, 5.41) is 7.27. The third-order valence-corrected chi connectivity index (χ3v) is 5.81. The van der Waals surface area contributed by atoms with Crippen LogP contribution >= 0.6 is 0 Å². The van der Waals surface area contributed by atoms with Gasteiger partial charge in [-0.25, -0.2) is 4.98 Å². The van der Waals surface area contributed by atoms with Crippen LogP contribution in [-0.4, -0.2) is 33.7 Å². The fourth-order valence-corrected chi connectivity index (χ4v) is 3.93. The Bertz CT molecular complexity index is 1560. The number of aryl methyl sites for hydroxylation is 1. The highest BCUT2D eigenvalue weighted by atomic mass is 19.4. The molecule has 37 heavy (non-hydrogen) atoms. The summed E-state index contributed by atoms with van der Waals surface area (Å²) in [6, 6.07) is 10.3. The Morgan fingerprint density at radius 2 is 2.00 bits per heavy atom. The normalized spacial score (nSPS) is 14.0. The molecule has 2 atom stereocenters. The maximum absolute atomic E-state index is 13.2. The molecular weight excluding hydrogens is 487 g/mol. The molecule has 0 radical (unpaired) electrons. The lowest BCUT2D eigenvalue weighted by Crippen LogP contribution is -2.27. The lowest BCUT2D eigenvalue weighted by Gasteiger charge is -2.17. The maximum atomic E-state index is 13.2. The van der Waals surface area contributed by atoms with Gasteiger partial charge in [0.15, 0.2) is 5.69 Å². The van der Waals surface area contributed by atoms with Gasteiger partial charge in [0.05, 0.1) is 26.9 Å². The second-order valence-electron chi connectivity index (χ2n) is 8.19. The minimum absolute atomic E-state index is 0.0246. The van der Waals surface area contributed by atoms with E-state index in [1.165, 1.54) is 29.1 Å². The van der Waals surface area contributed by atoms with Gasteiger partial charge in [-0.3, -0.25) is 14.3 Å². The van der Waals surface area contributed by atoms with E-state index in [2.05, 4.69) is 15.4 Å². The molecule has 2 amide bonds. The fourth-order valence-electron chi connectivity index (χ4n) is 3.93. The predicted octanol–water partition coefficient (Wildman–Crippen LogP) is 4.74. The molecule has 2 heterocycles. The molecule has 2 aromatic carbocycles. The maximum Gasteiger partial charge on any atom is 0.416 e. The summed E-state index contributed by atoms with van der Waals surface area (Å²) in [4.78, 5) is 29.2. The van der Waals surface area contributed by atoms with Crippen molar-refractivity contribution in [1.29, 1.82) is 0 Å². The van der Waals surface area contributed by atoms with E-state index in [0.717, 1.165) is 12.1 Å². The Morgan fingerprint density at radius 1 is 1.22 bits per heavy atom. The number of nitrogens with zero attached hydrogens (tertiary/aromatic N) is 3. The van der Waals surface area contributed by atoms with Gasteiger partial charge in [0, 0.05) is 23.7 Å². The number of hydrogen-bond acceptors (Lipinski definition) is 5. The third-order valence-electron chi connectivity index (χ3n) is 5.81. The standard InChI is InChI=1S/C26H24F3N5O3/c1-4-34-21-12-16(8-9-19(21)22(33-34)23(30)35)17-11-20(25(37-3)31-13-17)24(36)32-14(2)15-6-5-7-18(10-15)26(27,28)29/h5-14H,4H2,1-3H3,(H2,30,35)(H,32,36)/t14-/m1/s1/i3D,4D/t4?,14-. The van der Waals surface area contributed by atoms with E-state index in [0.29, 0.717) is 22.0 Å². The molecule has 0 aliphatic carbocycles. The molecule has 0 spiro atoms. The van der Waals surface area contributed by atoms with Crippen LogP contribution < -0.4 is 15.8 Å². The van der Waals surface area contributed by atoms with Gasteiger partial charge < -0.3 is 15.8 Å². The van der Waals surface area contributed by atoms with Crippen molar-refractivity contribution in [3.8, 4) is 17.0 Å². The predicted molar refractivity (Wildman–Crippen MR) is 131 cm³/mol. The quantitative estimate of drug-likeness (QED) is 0.371. The number of alkyl halides is 3. The highest BCUT2D eigenvalue weighted by Gasteiger charge is 2.31. The van der Waals surface area contributed by atoms with Crippen molar-refractivity contribution < 1.29 is 30.2 Å². The number of carbonyl (C=O) groups is 2. The Morgan fingerprint density at radius 3 is 2.68 bits per heavy atom. The first-order valence-corrected chi connectivity index (χ1v) is 11.1. The van der Waals surface area contributed by atoms with Crippen molar-refractivity contribution in [1.82, 2.24) is 20.1 Å². The molecule has 11 heteroatoms. The first kappa shape index (κ1) is 23.0. The zero-order chi connectivity index (χ0) is 28.5. The number of ether oxygens (including phenoxy) is 1. The van der Waals surface area contributed by atoms with Crippen LogP contribution in [0.5, 0.6) is 5.88 Å². The first-order valence-electron chi connectivity index (χ1n) is 12.3. The summed E-state index contributed by atoms with van der Waals surface area (Å²) in [5.74, 6) is -1.52. The minimum Gasteiger partial charge on any atom is -0.480 e. The van der Waals surface area contributed by atoms with Crippen molar-refractivity contribution in [3.63, 3.8) is 0 Å². The topological polar surface area (TPSA) is 112 Å². The molecule has 0 aliphatic rings. The number of nitrogens with one attached hydrogen (secondary N) is 1. The van der Waals surface area contributed by atoms with E-state index < -0.39 is 43.2 Å². The summed E-state index contributed by atoms with van der Waals surface area (Å²) < 4.78 is 61.4. The third kappa shape index (κ3) is 5.11. The van der Waals surface area contributed by atoms with Crippen LogP contribution in [0.1, 0.15) is 54.6 Å². The first-order chi connectivity index (χ1) is 18.4. The van der Waals surface area contributed by atoms with Gasteiger partial charge in [-0.15, -0.1) is 0 Å². The lowest BCUT2D eigenvalue weighted by molar-refractivity contribution is -0.137. The summed E-state index contributed by atoms with van der Waals surface area (Å²) >= 11 is 0. The average Bonchev–Trinajstić information content (AvgIpc) is 3.28. The lowest BCUT2D eigenvalue weighted by atomic mass is 10.0. The molecule has 8 nitrogen and oxygen atoms in total. The van der Waals surface area contributed by atoms with Crippen LogP contribution in [0, 0.1) is 0 Å². The van der Waals surface area contributed by atoms with Gasteiger partial charge in [-0.1, -0.05) is 18.2 Å². The second kappa shape index (κ2) is 9.92. The Balaban J connectivity index is 1.71. The summed E-state index contributed by atoms with van der Waals surface area (Å²) in [6.45, 7) is 2.30. The van der Waals surface area contributed by atoms with E-state index in [-0.39, 0.29) is 22.7 Å². The summed E-state index contributed by atoms with van der Waals surface area (Å²) in [6.07, 6.45) is -3.10. The van der Waals surface area contributed by atoms with Gasteiger partial charge in [-0.2, -0.15) is 18.3 Å². The van der Waals surface area contributed by atoms with Crippen molar-refractivity contribution in [2.24, 2.45) is 5.73 Å². The van der Waals surface area contributed by atoms with Crippen LogP contribution in [0.25, 0.3) is 22.0 Å². The number of rotatable bonds is 7. The monoisotopic (exact) mass is 513 g/mol. The molecule has 4 aromatic rings. The van der Waals surface area contributed by atoms with Gasteiger partial charge in [0.25, 0.3) is 11.8 Å². The molecular formula is C26H24F3N5O3. The highest BCUT2D eigenvalue weighted by molar-refractivity contribution is 6.05. The molecule has 0 fully saturated rings. The second-order valence-corrected chi connectivity index (χ2v) is 8.19. The number of primary amides is 1. The SMILES string of the molecule is [2H]COc1ncc(-c2ccc3c(C(N)=O)nn(C([2H])C)c3c2)cc1C(=O)N[C@H](C)c1cccc(C(F)(F)F)c1. The zero-order valence-corrected chi connectivity index (χ0v) is 19.8. The minimum atomic E-state index is -4.53. The highest BCUT2D eigenvalue weighted by Crippen LogP contribution is 2.32. The van der Waals surface area contributed by atoms with E-state index in [4.69, 9.17) is 13.2 Å². The van der Waals surface area contributed by atoms with Crippen LogP contribution in [0.15, 0.2) is 54.7 Å². The molecule has 0 saturated heterocycles. The summed E-state index contributed by atoms with van der Waals surface area (Å²) in [7, 11) is -0.516. The van der Waals surface area contributed by atoms with Gasteiger partial charge in [-0.05, 0) is 55.3 Å². The number of halogens is 3. The Kier molecular flexibility index (Phi) is 6.17. The molecule has 192 valence electrons. The fraction of sp³-hybridized carbons (Fsp3) is 0.231. The Labute approximate surface area is 213 Å². The molecule has 0 aliphatic heterocycles. The molecule has 0 bridgehead atoms. The number of carbonyl (C=O) groups excluding carboxylic acids is 2. The van der Waals surface area contributed by atoms with Crippen LogP contribution in [-0.2, 0) is 12.7 Å². The van der Waals surface area contributed by atoms with Gasteiger partial charge in [0.1, 0.15) is 5.56 Å². The van der Waals surface area contributed by atoms with Crippen LogP contribution in [0.3, 0.4) is 0 Å². The Hall–Kier alpha value is -4.41. The van der Waals surface area contributed by atoms with Crippen molar-refractivity contribution in [2.45, 2.75) is 32.6 Å². The van der Waals surface area contributed by atoms with E-state index in [1.807, 2.05) is 0 Å². The van der Waals surface area contributed by atoms with E-state index in [1.54, 1.807) is 32.0 Å².